The molecule has 0 saturated carbocycles. The smallest absolute Gasteiger partial charge is 0.274 e. The number of pyridine rings is 1. The molecule has 0 atom stereocenters. The van der Waals surface area contributed by atoms with Gasteiger partial charge < -0.3 is 15.5 Å². The van der Waals surface area contributed by atoms with Gasteiger partial charge in [0.05, 0.1) is 11.7 Å². The van der Waals surface area contributed by atoms with Gasteiger partial charge in [-0.15, -0.1) is 0 Å². The SMILES string of the molecule is Nc1nc(-c2cnco2)c(Cl)nc1C(=O)NCc1cccc2cccnc12. The molecule has 0 spiro atoms. The highest BCUT2D eigenvalue weighted by molar-refractivity contribution is 6.32. The number of nitrogens with zero attached hydrogens (tertiary/aromatic N) is 4. The van der Waals surface area contributed by atoms with Gasteiger partial charge in [0.1, 0.15) is 5.69 Å². The van der Waals surface area contributed by atoms with Crippen LogP contribution in [0.5, 0.6) is 0 Å². The number of anilines is 1. The second kappa shape index (κ2) is 7.00. The number of amides is 1. The Morgan fingerprint density at radius 3 is 2.89 bits per heavy atom. The van der Waals surface area contributed by atoms with E-state index in [1.54, 1.807) is 6.20 Å². The molecule has 3 N–H and O–H groups in total. The predicted molar refractivity (Wildman–Crippen MR) is 99.9 cm³/mol. The maximum absolute atomic E-state index is 12.5. The number of benzene rings is 1. The number of oxazole rings is 1. The molecule has 3 heterocycles. The molecule has 1 amide bonds. The monoisotopic (exact) mass is 380 g/mol. The van der Waals surface area contributed by atoms with Crippen LogP contribution in [0.4, 0.5) is 5.82 Å². The zero-order chi connectivity index (χ0) is 18.8. The van der Waals surface area contributed by atoms with Gasteiger partial charge in [-0.3, -0.25) is 9.78 Å². The lowest BCUT2D eigenvalue weighted by Crippen LogP contribution is -2.25. The van der Waals surface area contributed by atoms with Crippen molar-refractivity contribution in [3.8, 4) is 11.5 Å². The van der Waals surface area contributed by atoms with Crippen LogP contribution < -0.4 is 11.1 Å². The number of carbonyl (C=O) groups is 1. The van der Waals surface area contributed by atoms with E-state index in [9.17, 15) is 4.79 Å². The Bertz CT molecular complexity index is 1120. The fourth-order valence-corrected chi connectivity index (χ4v) is 2.87. The number of hydrogen-bond donors (Lipinski definition) is 2. The van der Waals surface area contributed by atoms with E-state index in [2.05, 4.69) is 25.3 Å². The number of nitrogens with one attached hydrogen (secondary N) is 1. The van der Waals surface area contributed by atoms with Gasteiger partial charge in [0, 0.05) is 18.1 Å². The molecule has 9 heteroatoms. The Morgan fingerprint density at radius 2 is 2.07 bits per heavy atom. The summed E-state index contributed by atoms with van der Waals surface area (Å²) in [6.07, 6.45) is 4.38. The van der Waals surface area contributed by atoms with E-state index in [1.165, 1.54) is 12.6 Å². The van der Waals surface area contributed by atoms with Gasteiger partial charge in [0.25, 0.3) is 5.91 Å². The fraction of sp³-hybridized carbons (Fsp3) is 0.0556. The Balaban J connectivity index is 1.57. The quantitative estimate of drug-likeness (QED) is 0.558. The van der Waals surface area contributed by atoms with Crippen molar-refractivity contribution in [1.82, 2.24) is 25.3 Å². The highest BCUT2D eigenvalue weighted by atomic mass is 35.5. The summed E-state index contributed by atoms with van der Waals surface area (Å²) >= 11 is 6.13. The molecule has 4 rings (SSSR count). The first kappa shape index (κ1) is 16.9. The molecule has 0 bridgehead atoms. The lowest BCUT2D eigenvalue weighted by atomic mass is 10.1. The molecule has 1 aromatic carbocycles. The normalized spacial score (nSPS) is 10.9. The lowest BCUT2D eigenvalue weighted by molar-refractivity contribution is 0.0946. The van der Waals surface area contributed by atoms with Crippen molar-refractivity contribution in [3.63, 3.8) is 0 Å². The van der Waals surface area contributed by atoms with E-state index in [1.807, 2.05) is 30.3 Å². The van der Waals surface area contributed by atoms with Crippen molar-refractivity contribution in [1.29, 1.82) is 0 Å². The number of carbonyl (C=O) groups excluding carboxylic acids is 1. The first-order valence-corrected chi connectivity index (χ1v) is 8.34. The summed E-state index contributed by atoms with van der Waals surface area (Å²) in [7, 11) is 0. The van der Waals surface area contributed by atoms with E-state index in [0.717, 1.165) is 16.5 Å². The molecule has 0 radical (unpaired) electrons. The van der Waals surface area contributed by atoms with Crippen LogP contribution in [0, 0.1) is 0 Å². The average molecular weight is 381 g/mol. The molecule has 0 unspecified atom stereocenters. The van der Waals surface area contributed by atoms with Crippen molar-refractivity contribution in [3.05, 3.63) is 65.5 Å². The largest absolute Gasteiger partial charge is 0.442 e. The van der Waals surface area contributed by atoms with Crippen molar-refractivity contribution < 1.29 is 9.21 Å². The Kier molecular flexibility index (Phi) is 4.39. The minimum absolute atomic E-state index is 0.00192. The minimum Gasteiger partial charge on any atom is -0.442 e. The van der Waals surface area contributed by atoms with Crippen molar-refractivity contribution >= 4 is 34.2 Å². The van der Waals surface area contributed by atoms with Crippen molar-refractivity contribution in [2.75, 3.05) is 5.73 Å². The third kappa shape index (κ3) is 3.30. The molecule has 27 heavy (non-hydrogen) atoms. The zero-order valence-electron chi connectivity index (χ0n) is 13.9. The van der Waals surface area contributed by atoms with Gasteiger partial charge in [-0.25, -0.2) is 15.0 Å². The number of rotatable bonds is 4. The number of halogens is 1. The van der Waals surface area contributed by atoms with Gasteiger partial charge in [-0.05, 0) is 11.6 Å². The second-order valence-electron chi connectivity index (χ2n) is 5.64. The summed E-state index contributed by atoms with van der Waals surface area (Å²) in [5.74, 6) is -0.230. The number of para-hydroxylation sites is 1. The van der Waals surface area contributed by atoms with Crippen LogP contribution in [-0.2, 0) is 6.54 Å². The maximum Gasteiger partial charge on any atom is 0.274 e. The molecule has 8 nitrogen and oxygen atoms in total. The van der Waals surface area contributed by atoms with Gasteiger partial charge in [-0.1, -0.05) is 35.9 Å². The topological polar surface area (TPSA) is 120 Å². The summed E-state index contributed by atoms with van der Waals surface area (Å²) < 4.78 is 5.14. The van der Waals surface area contributed by atoms with Crippen LogP contribution in [0.25, 0.3) is 22.4 Å². The highest BCUT2D eigenvalue weighted by Gasteiger charge is 2.19. The number of aromatic nitrogens is 4. The number of fused-ring (bicyclic) bond motifs is 1. The van der Waals surface area contributed by atoms with Crippen LogP contribution in [0.3, 0.4) is 0 Å². The lowest BCUT2D eigenvalue weighted by Gasteiger charge is -2.09. The fourth-order valence-electron chi connectivity index (χ4n) is 2.65. The summed E-state index contributed by atoms with van der Waals surface area (Å²) in [5.41, 5.74) is 7.74. The van der Waals surface area contributed by atoms with Gasteiger partial charge >= 0.3 is 0 Å². The summed E-state index contributed by atoms with van der Waals surface area (Å²) in [5, 5.41) is 3.76. The van der Waals surface area contributed by atoms with Crippen LogP contribution in [0.15, 0.2) is 53.5 Å². The maximum atomic E-state index is 12.5. The Hall–Kier alpha value is -3.52. The van der Waals surface area contributed by atoms with Crippen LogP contribution in [0.1, 0.15) is 16.1 Å². The molecule has 4 aromatic rings. The summed E-state index contributed by atoms with van der Waals surface area (Å²) in [6.45, 7) is 0.260. The average Bonchev–Trinajstić information content (AvgIpc) is 3.22. The zero-order valence-corrected chi connectivity index (χ0v) is 14.6. The number of hydrogen-bond acceptors (Lipinski definition) is 7. The first-order valence-electron chi connectivity index (χ1n) is 7.96. The Labute approximate surface area is 158 Å². The van der Waals surface area contributed by atoms with E-state index in [-0.39, 0.29) is 28.9 Å². The first-order chi connectivity index (χ1) is 13.1. The molecule has 0 fully saturated rings. The molecule has 134 valence electrons. The minimum atomic E-state index is -0.487. The van der Waals surface area contributed by atoms with E-state index in [4.69, 9.17) is 21.8 Å². The summed E-state index contributed by atoms with van der Waals surface area (Å²) in [6, 6.07) is 9.57. The Morgan fingerprint density at radius 1 is 1.22 bits per heavy atom. The predicted octanol–water partition coefficient (Wildman–Crippen LogP) is 2.85. The van der Waals surface area contributed by atoms with Crippen molar-refractivity contribution in [2.45, 2.75) is 6.54 Å². The standard InChI is InChI=1S/C18H13ClN6O2/c19-16-14(12-8-21-9-27-12)25-17(20)15(24-16)18(26)23-7-11-4-1-3-10-5-2-6-22-13(10)11/h1-6,8-9H,7H2,(H2,20,25)(H,23,26). The van der Waals surface area contributed by atoms with E-state index in [0.29, 0.717) is 5.76 Å². The molecule has 3 aromatic heterocycles. The van der Waals surface area contributed by atoms with Gasteiger partial charge in [0.2, 0.25) is 0 Å². The number of nitrogens with two attached hydrogens (primary N) is 1. The van der Waals surface area contributed by atoms with Gasteiger partial charge in [0.15, 0.2) is 28.8 Å². The van der Waals surface area contributed by atoms with E-state index >= 15 is 0 Å². The number of nitrogen functional groups attached to an aromatic ring is 1. The second-order valence-corrected chi connectivity index (χ2v) is 6.00. The van der Waals surface area contributed by atoms with E-state index < -0.39 is 5.91 Å². The van der Waals surface area contributed by atoms with Crippen LogP contribution in [0.2, 0.25) is 5.15 Å². The van der Waals surface area contributed by atoms with Crippen LogP contribution in [-0.4, -0.2) is 25.8 Å². The summed E-state index contributed by atoms with van der Waals surface area (Å²) in [4.78, 5) is 28.9. The van der Waals surface area contributed by atoms with Crippen LogP contribution >= 0.6 is 11.6 Å². The molecule has 0 saturated heterocycles. The molecule has 0 aliphatic heterocycles. The molecular weight excluding hydrogens is 368 g/mol. The molecule has 0 aliphatic carbocycles. The highest BCUT2D eigenvalue weighted by Crippen LogP contribution is 2.26. The third-order valence-electron chi connectivity index (χ3n) is 3.92. The molecule has 0 aliphatic rings. The van der Waals surface area contributed by atoms with Crippen molar-refractivity contribution in [2.24, 2.45) is 0 Å². The van der Waals surface area contributed by atoms with Gasteiger partial charge in [-0.2, -0.15) is 0 Å². The molecular formula is C18H13ClN6O2. The third-order valence-corrected chi connectivity index (χ3v) is 4.18.